The van der Waals surface area contributed by atoms with Crippen molar-refractivity contribution in [3.8, 4) is 17.0 Å². The molecule has 0 aliphatic carbocycles. The number of rotatable bonds is 7. The first-order valence-corrected chi connectivity index (χ1v) is 10.1. The predicted octanol–water partition coefficient (Wildman–Crippen LogP) is 3.33. The van der Waals surface area contributed by atoms with E-state index in [1.54, 1.807) is 22.7 Å². The van der Waals surface area contributed by atoms with Crippen LogP contribution in [0.4, 0.5) is 11.5 Å². The Morgan fingerprint density at radius 2 is 1.97 bits per heavy atom. The first-order chi connectivity index (χ1) is 15.4. The molecular weight excluding hydrogens is 430 g/mol. The van der Waals surface area contributed by atoms with E-state index in [0.29, 0.717) is 17.1 Å². The zero-order valence-electron chi connectivity index (χ0n) is 18.9. The fourth-order valence-electron chi connectivity index (χ4n) is 3.24. The van der Waals surface area contributed by atoms with Gasteiger partial charge in [-0.2, -0.15) is 0 Å². The maximum absolute atomic E-state index is 12.8. The van der Waals surface area contributed by atoms with Gasteiger partial charge in [0.15, 0.2) is 11.4 Å². The van der Waals surface area contributed by atoms with E-state index in [9.17, 15) is 19.7 Å². The molecule has 0 aliphatic heterocycles. The van der Waals surface area contributed by atoms with Gasteiger partial charge in [-0.15, -0.1) is 0 Å². The number of nitro groups is 1. The molecule has 0 aliphatic rings. The number of amides is 1. The second kappa shape index (κ2) is 8.77. The number of nitrogens with zero attached hydrogens (tertiary/aromatic N) is 3. The Morgan fingerprint density at radius 3 is 2.55 bits per heavy atom. The highest BCUT2D eigenvalue weighted by Gasteiger charge is 2.25. The third-order valence-corrected chi connectivity index (χ3v) is 4.76. The van der Waals surface area contributed by atoms with Crippen molar-refractivity contribution in [2.45, 2.75) is 39.3 Å². The first kappa shape index (κ1) is 23.5. The Kier molecular flexibility index (Phi) is 6.25. The summed E-state index contributed by atoms with van der Waals surface area (Å²) in [6, 6.07) is 6.58. The van der Waals surface area contributed by atoms with E-state index < -0.39 is 28.4 Å². The number of pyridine rings is 1. The summed E-state index contributed by atoms with van der Waals surface area (Å²) in [7, 11) is 1.35. The van der Waals surface area contributed by atoms with Gasteiger partial charge in [0.25, 0.3) is 5.91 Å². The van der Waals surface area contributed by atoms with Crippen LogP contribution in [0.5, 0.6) is 5.75 Å². The van der Waals surface area contributed by atoms with Gasteiger partial charge in [0, 0.05) is 23.4 Å². The summed E-state index contributed by atoms with van der Waals surface area (Å²) in [6.45, 7) is 7.19. The van der Waals surface area contributed by atoms with Crippen LogP contribution >= 0.6 is 0 Å². The number of nitrogens with one attached hydrogen (secondary N) is 2. The van der Waals surface area contributed by atoms with Crippen molar-refractivity contribution in [2.75, 3.05) is 12.4 Å². The molecule has 3 aromatic rings. The molecule has 33 heavy (non-hydrogen) atoms. The Balaban J connectivity index is 2.24. The number of carboxylic acid groups (broad SMARTS) is 1. The highest BCUT2D eigenvalue weighted by molar-refractivity contribution is 6.02. The van der Waals surface area contributed by atoms with Crippen LogP contribution in [0, 0.1) is 10.1 Å². The minimum absolute atomic E-state index is 0.112. The number of nitro benzene ring substituents is 1. The van der Waals surface area contributed by atoms with Crippen molar-refractivity contribution in [2.24, 2.45) is 0 Å². The quantitative estimate of drug-likeness (QED) is 0.363. The van der Waals surface area contributed by atoms with Gasteiger partial charge >= 0.3 is 11.7 Å². The Morgan fingerprint density at radius 1 is 1.27 bits per heavy atom. The van der Waals surface area contributed by atoms with Crippen molar-refractivity contribution in [1.29, 1.82) is 0 Å². The number of carboxylic acids is 1. The lowest BCUT2D eigenvalue weighted by atomic mass is 10.1. The molecular formula is C22H25N5O6. The zero-order chi connectivity index (χ0) is 24.5. The third-order valence-electron chi connectivity index (χ3n) is 4.76. The molecule has 1 amide bonds. The van der Waals surface area contributed by atoms with Gasteiger partial charge in [-0.1, -0.05) is 0 Å². The van der Waals surface area contributed by atoms with Crippen LogP contribution < -0.4 is 15.4 Å². The number of aliphatic carboxylic acids is 1. The minimum atomic E-state index is -1.17. The van der Waals surface area contributed by atoms with Crippen LogP contribution in [0.2, 0.25) is 0 Å². The number of methoxy groups -OCH3 is 1. The molecule has 174 valence electrons. The van der Waals surface area contributed by atoms with Crippen LogP contribution in [0.15, 0.2) is 36.5 Å². The number of benzene rings is 1. The number of aromatic nitrogens is 2. The lowest BCUT2D eigenvalue weighted by molar-refractivity contribution is -0.385. The second-order valence-corrected chi connectivity index (χ2v) is 8.48. The van der Waals surface area contributed by atoms with E-state index in [4.69, 9.17) is 9.84 Å². The summed E-state index contributed by atoms with van der Waals surface area (Å²) in [5.41, 5.74) is 0.649. The lowest BCUT2D eigenvalue weighted by Crippen LogP contribution is -2.38. The molecule has 0 spiro atoms. The first-order valence-electron chi connectivity index (χ1n) is 10.1. The number of ether oxygens (including phenoxy) is 1. The van der Waals surface area contributed by atoms with Crippen LogP contribution in [-0.4, -0.2) is 50.0 Å². The molecule has 2 aromatic heterocycles. The van der Waals surface area contributed by atoms with Gasteiger partial charge < -0.3 is 20.5 Å². The topological polar surface area (TPSA) is 148 Å². The van der Waals surface area contributed by atoms with Crippen molar-refractivity contribution in [3.63, 3.8) is 0 Å². The lowest BCUT2D eigenvalue weighted by Gasteiger charge is -2.22. The molecule has 1 aromatic carbocycles. The van der Waals surface area contributed by atoms with Crippen LogP contribution in [0.25, 0.3) is 16.9 Å². The van der Waals surface area contributed by atoms with E-state index >= 15 is 0 Å². The highest BCUT2D eigenvalue weighted by atomic mass is 16.6. The number of carbonyl (C=O) groups is 2. The van der Waals surface area contributed by atoms with Crippen LogP contribution in [0.3, 0.4) is 0 Å². The minimum Gasteiger partial charge on any atom is -0.490 e. The monoisotopic (exact) mass is 455 g/mol. The average molecular weight is 455 g/mol. The van der Waals surface area contributed by atoms with E-state index in [1.807, 2.05) is 20.8 Å². The van der Waals surface area contributed by atoms with Gasteiger partial charge in [-0.05, 0) is 52.0 Å². The standard InChI is InChI=1S/C22H25N5O6/c1-12(21(29)30)23-20(28)14-7-6-10-26-18(14)24-17(19(26)25-22(2,3)4)13-8-9-16(33-5)15(11-13)27(31)32/h6-12,25H,1-5H3,(H,23,28)(H,29,30). The molecule has 2 heterocycles. The van der Waals surface area contributed by atoms with E-state index in [2.05, 4.69) is 15.6 Å². The predicted molar refractivity (Wildman–Crippen MR) is 122 cm³/mol. The van der Waals surface area contributed by atoms with Crippen LogP contribution in [-0.2, 0) is 4.79 Å². The Bertz CT molecular complexity index is 1240. The number of carbonyl (C=O) groups excluding carboxylic acids is 1. The molecule has 0 fully saturated rings. The van der Waals surface area contributed by atoms with E-state index in [1.165, 1.54) is 32.2 Å². The molecule has 11 heteroatoms. The number of hydrogen-bond acceptors (Lipinski definition) is 7. The fraction of sp³-hybridized carbons (Fsp3) is 0.318. The van der Waals surface area contributed by atoms with Crippen molar-refractivity contribution in [3.05, 3.63) is 52.2 Å². The number of anilines is 1. The summed E-state index contributed by atoms with van der Waals surface area (Å²) in [6.07, 6.45) is 1.70. The van der Waals surface area contributed by atoms with Gasteiger partial charge in [0.1, 0.15) is 17.6 Å². The molecule has 0 radical (unpaired) electrons. The second-order valence-electron chi connectivity index (χ2n) is 8.48. The maximum Gasteiger partial charge on any atom is 0.325 e. The average Bonchev–Trinajstić information content (AvgIpc) is 3.09. The van der Waals surface area contributed by atoms with Gasteiger partial charge in [-0.25, -0.2) is 4.98 Å². The Hall–Kier alpha value is -4.15. The molecule has 1 unspecified atom stereocenters. The zero-order valence-corrected chi connectivity index (χ0v) is 18.9. The van der Waals surface area contributed by atoms with Crippen LogP contribution in [0.1, 0.15) is 38.1 Å². The molecule has 3 N–H and O–H groups in total. The highest BCUT2D eigenvalue weighted by Crippen LogP contribution is 2.36. The fourth-order valence-corrected chi connectivity index (χ4v) is 3.24. The van der Waals surface area contributed by atoms with Crippen molar-refractivity contribution in [1.82, 2.24) is 14.7 Å². The number of fused-ring (bicyclic) bond motifs is 1. The van der Waals surface area contributed by atoms with Crippen molar-refractivity contribution >= 4 is 29.0 Å². The molecule has 3 rings (SSSR count). The van der Waals surface area contributed by atoms with E-state index in [-0.39, 0.29) is 22.6 Å². The molecule has 0 bridgehead atoms. The molecule has 0 saturated heterocycles. The normalized spacial score (nSPS) is 12.3. The summed E-state index contributed by atoms with van der Waals surface area (Å²) >= 11 is 0. The Labute approximate surface area is 189 Å². The number of hydrogen-bond donors (Lipinski definition) is 3. The summed E-state index contributed by atoms with van der Waals surface area (Å²) in [4.78, 5) is 39.6. The van der Waals surface area contributed by atoms with Gasteiger partial charge in [0.05, 0.1) is 17.6 Å². The summed E-state index contributed by atoms with van der Waals surface area (Å²) in [5, 5.41) is 26.4. The number of imidazole rings is 1. The van der Waals surface area contributed by atoms with Gasteiger partial charge in [-0.3, -0.25) is 24.1 Å². The molecule has 11 nitrogen and oxygen atoms in total. The third kappa shape index (κ3) is 4.86. The SMILES string of the molecule is COc1ccc(-c2nc3c(C(=O)NC(C)C(=O)O)cccn3c2NC(C)(C)C)cc1[N+](=O)[O-]. The summed E-state index contributed by atoms with van der Waals surface area (Å²) in [5.74, 6) is -1.13. The summed E-state index contributed by atoms with van der Waals surface area (Å²) < 4.78 is 6.75. The smallest absolute Gasteiger partial charge is 0.325 e. The largest absolute Gasteiger partial charge is 0.490 e. The van der Waals surface area contributed by atoms with E-state index in [0.717, 1.165) is 0 Å². The maximum atomic E-state index is 12.8. The molecule has 1 atom stereocenters. The van der Waals surface area contributed by atoms with Gasteiger partial charge in [0.2, 0.25) is 0 Å². The molecule has 0 saturated carbocycles. The van der Waals surface area contributed by atoms with Crippen molar-refractivity contribution < 1.29 is 24.4 Å².